The van der Waals surface area contributed by atoms with Crippen LogP contribution in [0.25, 0.3) is 0 Å². The van der Waals surface area contributed by atoms with Gasteiger partial charge >= 0.3 is 0 Å². The first-order valence-electron chi connectivity index (χ1n) is 0. The number of rotatable bonds is 0. The summed E-state index contributed by atoms with van der Waals surface area (Å²) in [5, 5.41) is 0. The quantitative estimate of drug-likeness (QED) is 0.493. The van der Waals surface area contributed by atoms with Crippen LogP contribution in [0.15, 0.2) is 0 Å². The maximum atomic E-state index is 0. The van der Waals surface area contributed by atoms with Crippen LogP contribution in [0.2, 0.25) is 0 Å². The van der Waals surface area contributed by atoms with E-state index in [0.717, 1.165) is 0 Å². The molecule has 0 bridgehead atoms. The fourth-order valence-electron chi connectivity index (χ4n) is 0. The van der Waals surface area contributed by atoms with Crippen LogP contribution in [-0.4, -0.2) is 0 Å². The van der Waals surface area contributed by atoms with E-state index in [1.807, 2.05) is 0 Å². The first-order valence-corrected chi connectivity index (χ1v) is 0. The summed E-state index contributed by atoms with van der Waals surface area (Å²) in [6, 6.07) is 0. The zero-order valence-corrected chi connectivity index (χ0v) is 5.21. The van der Waals surface area contributed by atoms with Crippen LogP contribution >= 0.6 is 24.8 Å². The van der Waals surface area contributed by atoms with Gasteiger partial charge in [-0.1, -0.05) is 0 Å². The van der Waals surface area contributed by atoms with Crippen LogP contribution in [0, 0.1) is 0 Å². The van der Waals surface area contributed by atoms with Gasteiger partial charge in [0, 0.05) is 33.6 Å². The zero-order chi connectivity index (χ0) is 0. The third kappa shape index (κ3) is 9.52. The Hall–Kier alpha value is 1.59. The summed E-state index contributed by atoms with van der Waals surface area (Å²) in [6.45, 7) is 0. The summed E-state index contributed by atoms with van der Waals surface area (Å²) < 4.78 is 0. The van der Waals surface area contributed by atoms with Crippen LogP contribution in [0.4, 0.5) is 0 Å². The predicted octanol–water partition coefficient (Wildman–Crippen LogP) is 0.839. The predicted molar refractivity (Wildman–Crippen MR) is 14.5 cm³/mol. The van der Waals surface area contributed by atoms with Crippen molar-refractivity contribution >= 4 is 24.8 Å². The third-order valence-corrected chi connectivity index (χ3v) is 0. The topological polar surface area (TPSA) is 0 Å². The second-order valence-electron chi connectivity index (χ2n) is 0. The van der Waals surface area contributed by atoms with Crippen LogP contribution in [0.5, 0.6) is 0 Å². The van der Waals surface area contributed by atoms with Crippen molar-refractivity contribution in [2.75, 3.05) is 0 Å². The van der Waals surface area contributed by atoms with Crippen molar-refractivity contribution in [1.82, 2.24) is 0 Å². The van der Waals surface area contributed by atoms with E-state index < -0.39 is 0 Å². The second-order valence-corrected chi connectivity index (χ2v) is 0. The Kier molecular flexibility index (Phi) is 272. The molecule has 0 rings (SSSR count). The molecule has 0 aromatic carbocycles. The molecule has 4 heteroatoms. The van der Waals surface area contributed by atoms with Crippen molar-refractivity contribution in [2.24, 2.45) is 0 Å². The Morgan fingerprint density at radius 1 is 0.750 bits per heavy atom. The van der Waals surface area contributed by atoms with Crippen molar-refractivity contribution < 1.29 is 33.6 Å². The molecule has 0 aliphatic carbocycles. The van der Waals surface area contributed by atoms with Crippen molar-refractivity contribution in [3.8, 4) is 0 Å². The van der Waals surface area contributed by atoms with Gasteiger partial charge in [-0.3, -0.25) is 0 Å². The minimum Gasteiger partial charge on any atom is -0.147 e. The van der Waals surface area contributed by atoms with E-state index >= 15 is 0 Å². The van der Waals surface area contributed by atoms with Gasteiger partial charge < -0.3 is 0 Å². The molecule has 0 atom stereocenters. The molecule has 0 unspecified atom stereocenters. The Bertz CT molecular complexity index is 6.00. The Morgan fingerprint density at radius 2 is 0.750 bits per heavy atom. The number of hydrogen-bond donors (Lipinski definition) is 0. The van der Waals surface area contributed by atoms with Gasteiger partial charge in [0.15, 0.2) is 0 Å². The molecule has 0 heterocycles. The van der Waals surface area contributed by atoms with Crippen LogP contribution in [-0.2, 0) is 33.6 Å². The Labute approximate surface area is 58.3 Å². The average Bonchev–Trinajstić information content (AvgIpc) is 0. The largest absolute Gasteiger partial charge is 0.147 e. The van der Waals surface area contributed by atoms with E-state index in [1.165, 1.54) is 0 Å². The van der Waals surface area contributed by atoms with Crippen molar-refractivity contribution in [3.63, 3.8) is 0 Å². The summed E-state index contributed by atoms with van der Waals surface area (Å²) in [5.41, 5.74) is 0. The van der Waals surface area contributed by atoms with E-state index in [2.05, 4.69) is 0 Å². The Balaban J connectivity index is 0. The molecule has 0 N–H and O–H groups in total. The van der Waals surface area contributed by atoms with E-state index in [0.29, 0.717) is 0 Å². The molecule has 4 heavy (non-hydrogen) atoms. The van der Waals surface area contributed by atoms with Gasteiger partial charge in [0.1, 0.15) is 0 Å². The van der Waals surface area contributed by atoms with E-state index in [9.17, 15) is 0 Å². The van der Waals surface area contributed by atoms with Gasteiger partial charge in [0.25, 0.3) is 0 Å². The smallest absolute Gasteiger partial charge is 0 e. The van der Waals surface area contributed by atoms with Gasteiger partial charge in [0.05, 0.1) is 0 Å². The average molecular weight is 187 g/mol. The van der Waals surface area contributed by atoms with Gasteiger partial charge in [-0.15, -0.1) is 24.8 Å². The van der Waals surface area contributed by atoms with Gasteiger partial charge in [-0.2, -0.15) is 0 Å². The third-order valence-electron chi connectivity index (χ3n) is 0. The summed E-state index contributed by atoms with van der Waals surface area (Å²) >= 11 is 0. The molecular weight excluding hydrogens is 185 g/mol. The normalized spacial score (nSPS) is 0. The van der Waals surface area contributed by atoms with Crippen molar-refractivity contribution in [2.45, 2.75) is 0 Å². The summed E-state index contributed by atoms with van der Waals surface area (Å²) in [4.78, 5) is 0. The molecule has 0 aromatic heterocycles. The monoisotopic (exact) mass is 186 g/mol. The molecule has 0 saturated heterocycles. The zero-order valence-electron chi connectivity index (χ0n) is 1.49. The Morgan fingerprint density at radius 3 is 0.750 bits per heavy atom. The van der Waals surface area contributed by atoms with Gasteiger partial charge in [-0.25, -0.2) is 0 Å². The van der Waals surface area contributed by atoms with E-state index in [4.69, 9.17) is 0 Å². The molecule has 0 radical (unpaired) electrons. The summed E-state index contributed by atoms with van der Waals surface area (Å²) in [7, 11) is 0. The molecule has 0 aromatic rings. The SMILES string of the molecule is Cl.Cl.[Fe].[Ni]. The fourth-order valence-corrected chi connectivity index (χ4v) is 0. The first-order chi connectivity index (χ1) is 0. The number of halogens is 2. The molecule has 0 spiro atoms. The molecule has 0 aliphatic heterocycles. The minimum absolute atomic E-state index is 0. The van der Waals surface area contributed by atoms with Crippen LogP contribution < -0.4 is 0 Å². The maximum absolute atomic E-state index is 0. The summed E-state index contributed by atoms with van der Waals surface area (Å²) in [6.07, 6.45) is 0. The molecule has 0 amide bonds. The second kappa shape index (κ2) is 23.4. The minimum atomic E-state index is 0. The molecule has 0 saturated carbocycles. The van der Waals surface area contributed by atoms with Gasteiger partial charge in [0.2, 0.25) is 0 Å². The van der Waals surface area contributed by atoms with Crippen LogP contribution in [0.3, 0.4) is 0 Å². The number of hydrogen-bond acceptors (Lipinski definition) is 0. The standard InChI is InChI=1S/2ClH.Fe.Ni/h2*1H;;. The van der Waals surface area contributed by atoms with Crippen LogP contribution in [0.1, 0.15) is 0 Å². The molecular formula is H2Cl2FeNi. The van der Waals surface area contributed by atoms with Crippen molar-refractivity contribution in [1.29, 1.82) is 0 Å². The molecule has 34 valence electrons. The van der Waals surface area contributed by atoms with E-state index in [1.54, 1.807) is 0 Å². The van der Waals surface area contributed by atoms with Crippen molar-refractivity contribution in [3.05, 3.63) is 0 Å². The van der Waals surface area contributed by atoms with E-state index in [-0.39, 0.29) is 58.4 Å². The maximum Gasteiger partial charge on any atom is 0 e. The molecule has 0 nitrogen and oxygen atoms in total. The molecule has 0 aliphatic rings. The fraction of sp³-hybridized carbons (Fsp3) is 0. The van der Waals surface area contributed by atoms with Gasteiger partial charge in [-0.05, 0) is 0 Å². The first kappa shape index (κ1) is 46.5. The summed E-state index contributed by atoms with van der Waals surface area (Å²) in [5.74, 6) is 0. The molecule has 0 fully saturated rings.